The molecule has 0 saturated heterocycles. The quantitative estimate of drug-likeness (QED) is 0.781. The Hall–Kier alpha value is -1.01. The molecule has 0 spiro atoms. The lowest BCUT2D eigenvalue weighted by Crippen LogP contribution is -2.42. The van der Waals surface area contributed by atoms with Gasteiger partial charge in [0.15, 0.2) is 0 Å². The van der Waals surface area contributed by atoms with E-state index >= 15 is 0 Å². The molecule has 0 aliphatic rings. The van der Waals surface area contributed by atoms with E-state index in [1.54, 1.807) is 23.4 Å². The van der Waals surface area contributed by atoms with Crippen LogP contribution in [0.15, 0.2) is 6.20 Å². The number of hydrogen-bond donors (Lipinski definition) is 2. The molecule has 1 heterocycles. The van der Waals surface area contributed by atoms with Crippen LogP contribution in [0.5, 0.6) is 0 Å². The molecule has 0 aliphatic carbocycles. The van der Waals surface area contributed by atoms with Crippen LogP contribution < -0.4 is 5.32 Å². The van der Waals surface area contributed by atoms with Crippen molar-refractivity contribution in [2.45, 2.75) is 32.3 Å². The van der Waals surface area contributed by atoms with Gasteiger partial charge >= 0.3 is 0 Å². The van der Waals surface area contributed by atoms with Crippen molar-refractivity contribution >= 4 is 17.7 Å². The van der Waals surface area contributed by atoms with E-state index in [0.29, 0.717) is 25.1 Å². The third-order valence-corrected chi connectivity index (χ3v) is 3.77. The van der Waals surface area contributed by atoms with Gasteiger partial charge in [0.05, 0.1) is 11.3 Å². The van der Waals surface area contributed by atoms with E-state index < -0.39 is 5.60 Å². The first-order chi connectivity index (χ1) is 8.84. The van der Waals surface area contributed by atoms with Crippen LogP contribution in [0.4, 0.5) is 0 Å². The number of carbonyl (C=O) groups is 1. The summed E-state index contributed by atoms with van der Waals surface area (Å²) in [6, 6.07) is 0. The third-order valence-electron chi connectivity index (χ3n) is 2.86. The van der Waals surface area contributed by atoms with Crippen molar-refractivity contribution in [1.29, 1.82) is 0 Å². The lowest BCUT2D eigenvalue weighted by molar-refractivity contribution is -0.122. The molecule has 1 rings (SSSR count). The Morgan fingerprint density at radius 3 is 2.84 bits per heavy atom. The Labute approximate surface area is 118 Å². The molecule has 6 heteroatoms. The predicted octanol–water partition coefficient (Wildman–Crippen LogP) is 0.891. The van der Waals surface area contributed by atoms with Gasteiger partial charge in [0, 0.05) is 32.0 Å². The van der Waals surface area contributed by atoms with E-state index in [2.05, 4.69) is 10.4 Å². The van der Waals surface area contributed by atoms with Crippen molar-refractivity contribution in [2.24, 2.45) is 7.05 Å². The lowest BCUT2D eigenvalue weighted by atomic mass is 10.1. The normalized spacial score (nSPS) is 14.2. The Morgan fingerprint density at radius 2 is 2.32 bits per heavy atom. The average Bonchev–Trinajstić information content (AvgIpc) is 2.63. The number of thioether (sulfide) groups is 1. The summed E-state index contributed by atoms with van der Waals surface area (Å²) in [6.45, 7) is 3.96. The van der Waals surface area contributed by atoms with Crippen molar-refractivity contribution in [1.82, 2.24) is 15.1 Å². The fourth-order valence-electron chi connectivity index (χ4n) is 1.88. The molecule has 0 bridgehead atoms. The highest BCUT2D eigenvalue weighted by Gasteiger charge is 2.20. The highest BCUT2D eigenvalue weighted by molar-refractivity contribution is 7.98. The van der Waals surface area contributed by atoms with E-state index in [9.17, 15) is 9.90 Å². The van der Waals surface area contributed by atoms with Crippen LogP contribution in [0.25, 0.3) is 0 Å². The zero-order valence-corrected chi connectivity index (χ0v) is 12.9. The van der Waals surface area contributed by atoms with Crippen LogP contribution in [-0.4, -0.2) is 44.9 Å². The van der Waals surface area contributed by atoms with Crippen LogP contribution >= 0.6 is 11.8 Å². The minimum atomic E-state index is -0.848. The maximum absolute atomic E-state index is 11.7. The molecular formula is C13H23N3O2S. The van der Waals surface area contributed by atoms with Crippen LogP contribution in [0.3, 0.4) is 0 Å². The van der Waals surface area contributed by atoms with Crippen LogP contribution in [0.1, 0.15) is 24.6 Å². The summed E-state index contributed by atoms with van der Waals surface area (Å²) >= 11 is 1.56. The van der Waals surface area contributed by atoms with Gasteiger partial charge in [-0.05, 0) is 32.1 Å². The van der Waals surface area contributed by atoms with Crippen LogP contribution in [0, 0.1) is 6.92 Å². The molecule has 19 heavy (non-hydrogen) atoms. The first-order valence-corrected chi connectivity index (χ1v) is 7.70. The van der Waals surface area contributed by atoms with Crippen molar-refractivity contribution in [3.8, 4) is 0 Å². The Balaban J connectivity index is 2.34. The van der Waals surface area contributed by atoms with E-state index in [-0.39, 0.29) is 5.91 Å². The maximum atomic E-state index is 11.7. The number of aromatic nitrogens is 2. The molecule has 1 atom stereocenters. The average molecular weight is 285 g/mol. The maximum Gasteiger partial charge on any atom is 0.220 e. The first kappa shape index (κ1) is 16.0. The van der Waals surface area contributed by atoms with Gasteiger partial charge in [-0.1, -0.05) is 0 Å². The molecule has 1 amide bonds. The number of aryl methyl sites for hydroxylation is 3. The van der Waals surface area contributed by atoms with Gasteiger partial charge in [0.2, 0.25) is 5.91 Å². The van der Waals surface area contributed by atoms with E-state index in [1.807, 2.05) is 26.4 Å². The summed E-state index contributed by atoms with van der Waals surface area (Å²) in [5.74, 6) is 0.569. The molecule has 0 aliphatic heterocycles. The second-order valence-corrected chi connectivity index (χ2v) is 5.99. The van der Waals surface area contributed by atoms with Crippen molar-refractivity contribution in [2.75, 3.05) is 18.6 Å². The van der Waals surface area contributed by atoms with E-state index in [0.717, 1.165) is 11.3 Å². The zero-order valence-electron chi connectivity index (χ0n) is 12.1. The Kier molecular flexibility index (Phi) is 5.87. The fourth-order valence-corrected chi connectivity index (χ4v) is 2.61. The molecule has 5 nitrogen and oxygen atoms in total. The minimum absolute atomic E-state index is 0.0374. The summed E-state index contributed by atoms with van der Waals surface area (Å²) in [5, 5.41) is 17.0. The molecule has 1 unspecified atom stereocenters. The first-order valence-electron chi connectivity index (χ1n) is 6.31. The van der Waals surface area contributed by atoms with Gasteiger partial charge in [-0.2, -0.15) is 16.9 Å². The molecule has 0 saturated carbocycles. The smallest absolute Gasteiger partial charge is 0.220 e. The number of carbonyl (C=O) groups excluding carboxylic acids is 1. The number of nitrogens with one attached hydrogen (secondary N) is 1. The largest absolute Gasteiger partial charge is 0.387 e. The fraction of sp³-hybridized carbons (Fsp3) is 0.692. The Bertz CT molecular complexity index is 430. The van der Waals surface area contributed by atoms with Gasteiger partial charge in [-0.15, -0.1) is 0 Å². The van der Waals surface area contributed by atoms with Crippen LogP contribution in [-0.2, 0) is 18.3 Å². The number of nitrogens with zero attached hydrogens (tertiary/aromatic N) is 2. The highest BCUT2D eigenvalue weighted by atomic mass is 32.2. The van der Waals surface area contributed by atoms with E-state index in [4.69, 9.17) is 0 Å². The standard InChI is InChI=1S/C13H23N3O2S/c1-10-11(7-16(3)15-10)5-6-12(17)14-8-13(2,18)9-19-4/h7,18H,5-6,8-9H2,1-4H3,(H,14,17). The van der Waals surface area contributed by atoms with Crippen molar-refractivity contribution < 1.29 is 9.90 Å². The van der Waals surface area contributed by atoms with Gasteiger partial charge in [0.1, 0.15) is 0 Å². The second-order valence-electron chi connectivity index (χ2n) is 5.12. The van der Waals surface area contributed by atoms with Gasteiger partial charge in [0.25, 0.3) is 0 Å². The summed E-state index contributed by atoms with van der Waals surface area (Å²) in [4.78, 5) is 11.7. The summed E-state index contributed by atoms with van der Waals surface area (Å²) in [7, 11) is 1.87. The summed E-state index contributed by atoms with van der Waals surface area (Å²) in [5.41, 5.74) is 1.21. The van der Waals surface area contributed by atoms with Crippen molar-refractivity contribution in [3.63, 3.8) is 0 Å². The van der Waals surface area contributed by atoms with Gasteiger partial charge < -0.3 is 10.4 Å². The number of aliphatic hydroxyl groups is 1. The topological polar surface area (TPSA) is 67.2 Å². The summed E-state index contributed by atoms with van der Waals surface area (Å²) < 4.78 is 1.76. The van der Waals surface area contributed by atoms with Gasteiger partial charge in [-0.25, -0.2) is 0 Å². The number of rotatable bonds is 7. The second kappa shape index (κ2) is 6.96. The number of amides is 1. The molecule has 0 aromatic carbocycles. The molecule has 1 aromatic rings. The number of hydrogen-bond acceptors (Lipinski definition) is 4. The van der Waals surface area contributed by atoms with Crippen molar-refractivity contribution in [3.05, 3.63) is 17.5 Å². The predicted molar refractivity (Wildman–Crippen MR) is 78.3 cm³/mol. The Morgan fingerprint density at radius 1 is 1.63 bits per heavy atom. The lowest BCUT2D eigenvalue weighted by Gasteiger charge is -2.22. The molecule has 1 aromatic heterocycles. The molecule has 0 radical (unpaired) electrons. The molecule has 0 fully saturated rings. The molecular weight excluding hydrogens is 262 g/mol. The summed E-state index contributed by atoms with van der Waals surface area (Å²) in [6.07, 6.45) is 4.96. The third kappa shape index (κ3) is 5.65. The van der Waals surface area contributed by atoms with Crippen LogP contribution in [0.2, 0.25) is 0 Å². The van der Waals surface area contributed by atoms with E-state index in [1.165, 1.54) is 0 Å². The monoisotopic (exact) mass is 285 g/mol. The SMILES string of the molecule is CSCC(C)(O)CNC(=O)CCc1cn(C)nc1C. The highest BCUT2D eigenvalue weighted by Crippen LogP contribution is 2.10. The van der Waals surface area contributed by atoms with Gasteiger partial charge in [-0.3, -0.25) is 9.48 Å². The minimum Gasteiger partial charge on any atom is -0.387 e. The molecule has 2 N–H and O–H groups in total. The zero-order chi connectivity index (χ0) is 14.5. The molecule has 108 valence electrons.